The van der Waals surface area contributed by atoms with Gasteiger partial charge in [0.1, 0.15) is 0 Å². The zero-order chi connectivity index (χ0) is 13.9. The monoisotopic (exact) mass is 261 g/mol. The van der Waals surface area contributed by atoms with Gasteiger partial charge in [-0.3, -0.25) is 4.79 Å². The van der Waals surface area contributed by atoms with Gasteiger partial charge < -0.3 is 9.64 Å². The summed E-state index contributed by atoms with van der Waals surface area (Å²) >= 11 is 0. The van der Waals surface area contributed by atoms with E-state index in [1.165, 1.54) is 0 Å². The molecule has 0 radical (unpaired) electrons. The number of hydrogen-bond donors (Lipinski definition) is 0. The van der Waals surface area contributed by atoms with Gasteiger partial charge in [-0.1, -0.05) is 37.3 Å². The predicted octanol–water partition coefficient (Wildman–Crippen LogP) is 3.17. The van der Waals surface area contributed by atoms with Gasteiger partial charge in [-0.05, 0) is 25.8 Å². The van der Waals surface area contributed by atoms with Crippen molar-refractivity contribution in [3.63, 3.8) is 0 Å². The van der Waals surface area contributed by atoms with Crippen LogP contribution < -0.4 is 0 Å². The molecule has 1 aliphatic heterocycles. The van der Waals surface area contributed by atoms with E-state index in [2.05, 4.69) is 26.0 Å². The van der Waals surface area contributed by atoms with Gasteiger partial charge >= 0.3 is 0 Å². The van der Waals surface area contributed by atoms with Crippen LogP contribution in [0, 0.1) is 0 Å². The molecule has 0 saturated carbocycles. The Morgan fingerprint density at radius 3 is 2.68 bits per heavy atom. The Morgan fingerprint density at radius 2 is 2.05 bits per heavy atom. The van der Waals surface area contributed by atoms with Crippen LogP contribution in [0.4, 0.5) is 0 Å². The van der Waals surface area contributed by atoms with Crippen molar-refractivity contribution in [3.05, 3.63) is 35.9 Å². The molecule has 3 heteroatoms. The van der Waals surface area contributed by atoms with Gasteiger partial charge in [-0.25, -0.2) is 0 Å². The molecule has 1 saturated heterocycles. The minimum atomic E-state index is -0.344. The smallest absolute Gasteiger partial charge is 0.223 e. The van der Waals surface area contributed by atoms with E-state index in [1.54, 1.807) is 0 Å². The molecule has 3 nitrogen and oxygen atoms in total. The Bertz CT molecular complexity index is 428. The molecule has 1 aliphatic rings. The first-order valence-corrected chi connectivity index (χ1v) is 7.04. The third kappa shape index (κ3) is 2.98. The van der Waals surface area contributed by atoms with Crippen LogP contribution in [0.3, 0.4) is 0 Å². The number of amides is 1. The molecule has 1 heterocycles. The third-order valence-corrected chi connectivity index (χ3v) is 3.68. The van der Waals surface area contributed by atoms with Crippen LogP contribution in [0.25, 0.3) is 0 Å². The summed E-state index contributed by atoms with van der Waals surface area (Å²) in [5.41, 5.74) is 0.805. The predicted molar refractivity (Wildman–Crippen MR) is 75.8 cm³/mol. The number of morpholine rings is 1. The van der Waals surface area contributed by atoms with Crippen LogP contribution in [0.2, 0.25) is 0 Å². The maximum atomic E-state index is 12.3. The molecule has 1 amide bonds. The average Bonchev–Trinajstić information content (AvgIpc) is 2.38. The standard InChI is InChI=1S/C16H23NO2/c1-4-8-14(18)17-11-12-19-16(2,3)15(17)13-9-6-5-7-10-13/h5-7,9-10,15H,4,8,11-12H2,1-3H3. The van der Waals surface area contributed by atoms with Crippen molar-refractivity contribution in [3.8, 4) is 0 Å². The summed E-state index contributed by atoms with van der Waals surface area (Å²) in [5, 5.41) is 0. The van der Waals surface area contributed by atoms with Crippen LogP contribution in [-0.4, -0.2) is 29.6 Å². The Balaban J connectivity index is 2.33. The van der Waals surface area contributed by atoms with Gasteiger partial charge in [0, 0.05) is 13.0 Å². The second kappa shape index (κ2) is 5.74. The highest BCUT2D eigenvalue weighted by Crippen LogP contribution is 2.37. The zero-order valence-electron chi connectivity index (χ0n) is 12.1. The summed E-state index contributed by atoms with van der Waals surface area (Å²) in [5.74, 6) is 0.229. The molecule has 0 aliphatic carbocycles. The summed E-state index contributed by atoms with van der Waals surface area (Å²) in [6.07, 6.45) is 1.50. The first-order chi connectivity index (χ1) is 9.06. The second-order valence-electron chi connectivity index (χ2n) is 5.60. The molecule has 0 aromatic heterocycles. The molecule has 1 aromatic rings. The minimum absolute atomic E-state index is 0.00139. The highest BCUT2D eigenvalue weighted by atomic mass is 16.5. The van der Waals surface area contributed by atoms with Gasteiger partial charge in [-0.2, -0.15) is 0 Å². The Morgan fingerprint density at radius 1 is 1.37 bits per heavy atom. The molecule has 19 heavy (non-hydrogen) atoms. The highest BCUT2D eigenvalue weighted by molar-refractivity contribution is 5.77. The zero-order valence-corrected chi connectivity index (χ0v) is 12.1. The van der Waals surface area contributed by atoms with Crippen LogP contribution in [0.15, 0.2) is 30.3 Å². The second-order valence-corrected chi connectivity index (χ2v) is 5.60. The Kier molecular flexibility index (Phi) is 4.25. The molecule has 0 spiro atoms. The Hall–Kier alpha value is -1.35. The number of hydrogen-bond acceptors (Lipinski definition) is 2. The van der Waals surface area contributed by atoms with Crippen LogP contribution in [0.1, 0.15) is 45.2 Å². The van der Waals surface area contributed by atoms with Crippen molar-refractivity contribution in [2.75, 3.05) is 13.2 Å². The van der Waals surface area contributed by atoms with Crippen molar-refractivity contribution in [2.45, 2.75) is 45.3 Å². The number of ether oxygens (including phenoxy) is 1. The van der Waals surface area contributed by atoms with Crippen LogP contribution in [-0.2, 0) is 9.53 Å². The molecule has 0 N–H and O–H groups in total. The molecule has 1 unspecified atom stereocenters. The molecule has 0 bridgehead atoms. The summed E-state index contributed by atoms with van der Waals surface area (Å²) in [6.45, 7) is 7.47. The molecular weight excluding hydrogens is 238 g/mol. The highest BCUT2D eigenvalue weighted by Gasteiger charge is 2.41. The van der Waals surface area contributed by atoms with E-state index >= 15 is 0 Å². The van der Waals surface area contributed by atoms with Gasteiger partial charge in [-0.15, -0.1) is 0 Å². The van der Waals surface area contributed by atoms with Gasteiger partial charge in [0.25, 0.3) is 0 Å². The van der Waals surface area contributed by atoms with Gasteiger partial charge in [0.2, 0.25) is 5.91 Å². The average molecular weight is 261 g/mol. The van der Waals surface area contributed by atoms with Crippen molar-refractivity contribution >= 4 is 5.91 Å². The van der Waals surface area contributed by atoms with E-state index in [9.17, 15) is 4.79 Å². The van der Waals surface area contributed by atoms with E-state index in [0.29, 0.717) is 19.6 Å². The van der Waals surface area contributed by atoms with Gasteiger partial charge in [0.15, 0.2) is 0 Å². The summed E-state index contributed by atoms with van der Waals surface area (Å²) < 4.78 is 5.90. The van der Waals surface area contributed by atoms with E-state index in [-0.39, 0.29) is 17.6 Å². The normalized spacial score (nSPS) is 22.3. The lowest BCUT2D eigenvalue weighted by molar-refractivity contribution is -0.161. The summed E-state index contributed by atoms with van der Waals surface area (Å²) in [6, 6.07) is 10.2. The molecule has 104 valence electrons. The molecule has 1 atom stereocenters. The maximum Gasteiger partial charge on any atom is 0.223 e. The largest absolute Gasteiger partial charge is 0.371 e. The lowest BCUT2D eigenvalue weighted by Crippen LogP contribution is -2.53. The molecule has 1 fully saturated rings. The van der Waals surface area contributed by atoms with E-state index in [1.807, 2.05) is 30.0 Å². The quantitative estimate of drug-likeness (QED) is 0.836. The fraction of sp³-hybridized carbons (Fsp3) is 0.562. The molecular formula is C16H23NO2. The summed E-state index contributed by atoms with van der Waals surface area (Å²) in [7, 11) is 0. The molecule has 2 rings (SSSR count). The van der Waals surface area contributed by atoms with Crippen molar-refractivity contribution in [1.29, 1.82) is 0 Å². The van der Waals surface area contributed by atoms with Crippen molar-refractivity contribution in [1.82, 2.24) is 4.90 Å². The van der Waals surface area contributed by atoms with Crippen molar-refractivity contribution < 1.29 is 9.53 Å². The number of carbonyl (C=O) groups is 1. The number of rotatable bonds is 3. The fourth-order valence-corrected chi connectivity index (χ4v) is 2.83. The molecule has 1 aromatic carbocycles. The number of nitrogens with zero attached hydrogens (tertiary/aromatic N) is 1. The topological polar surface area (TPSA) is 29.5 Å². The van der Waals surface area contributed by atoms with Gasteiger partial charge in [0.05, 0.1) is 18.2 Å². The van der Waals surface area contributed by atoms with E-state index < -0.39 is 0 Å². The number of benzene rings is 1. The lowest BCUT2D eigenvalue weighted by atomic mass is 9.88. The fourth-order valence-electron chi connectivity index (χ4n) is 2.83. The first-order valence-electron chi connectivity index (χ1n) is 7.04. The lowest BCUT2D eigenvalue weighted by Gasteiger charge is -2.46. The van der Waals surface area contributed by atoms with Crippen molar-refractivity contribution in [2.24, 2.45) is 0 Å². The SMILES string of the molecule is CCCC(=O)N1CCOC(C)(C)C1c1ccccc1. The number of carbonyl (C=O) groups excluding carboxylic acids is 1. The van der Waals surface area contributed by atoms with E-state index in [4.69, 9.17) is 4.74 Å². The minimum Gasteiger partial charge on any atom is -0.371 e. The Labute approximate surface area is 115 Å². The van der Waals surface area contributed by atoms with E-state index in [0.717, 1.165) is 12.0 Å². The van der Waals surface area contributed by atoms with Crippen LogP contribution >= 0.6 is 0 Å². The van der Waals surface area contributed by atoms with Crippen LogP contribution in [0.5, 0.6) is 0 Å². The summed E-state index contributed by atoms with van der Waals surface area (Å²) in [4.78, 5) is 14.3. The maximum absolute atomic E-state index is 12.3. The third-order valence-electron chi connectivity index (χ3n) is 3.68. The first kappa shape index (κ1) is 14.1.